The molecule has 1 aromatic heterocycles. The minimum Gasteiger partial charge on any atom is -1.00 e. The third-order valence-corrected chi connectivity index (χ3v) is 5.40. The number of benzene rings is 1. The second-order valence-electron chi connectivity index (χ2n) is 7.84. The van der Waals surface area contributed by atoms with Crippen molar-refractivity contribution in [2.45, 2.75) is 104 Å². The van der Waals surface area contributed by atoms with Crippen LogP contribution in [0.15, 0.2) is 30.6 Å². The zero-order chi connectivity index (χ0) is 19.2. The van der Waals surface area contributed by atoms with Gasteiger partial charge in [0.1, 0.15) is 0 Å². The summed E-state index contributed by atoms with van der Waals surface area (Å²) < 4.78 is 10.6. The van der Waals surface area contributed by atoms with E-state index in [1.807, 2.05) is 0 Å². The summed E-state index contributed by atoms with van der Waals surface area (Å²) in [6, 6.07) is 8.69. The molecule has 2 rings (SSSR count). The van der Waals surface area contributed by atoms with E-state index in [1.165, 1.54) is 88.1 Å². The minimum atomic E-state index is 0. The number of aryl methyl sites for hydroxylation is 1. The molecule has 1 aromatic carbocycles. The maximum absolute atomic E-state index is 5.98. The third kappa shape index (κ3) is 8.96. The monoisotopic (exact) mass is 408 g/mol. The molecule has 0 unspecified atom stereocenters. The van der Waals surface area contributed by atoms with Crippen molar-refractivity contribution in [3.63, 3.8) is 0 Å². The predicted molar refractivity (Wildman–Crippen MR) is 115 cm³/mol. The van der Waals surface area contributed by atoms with Crippen LogP contribution in [0.2, 0.25) is 0 Å². The van der Waals surface area contributed by atoms with Gasteiger partial charge in [-0.25, -0.2) is 9.13 Å². The Balaban J connectivity index is 0.00000392. The number of aromatic nitrogens is 2. The van der Waals surface area contributed by atoms with Gasteiger partial charge < -0.3 is 17.1 Å². The van der Waals surface area contributed by atoms with E-state index >= 15 is 0 Å². The number of nitrogens with zero attached hydrogens (tertiary/aromatic N) is 2. The number of ether oxygens (including phenoxy) is 1. The highest BCUT2D eigenvalue weighted by atomic mass is 35.5. The van der Waals surface area contributed by atoms with Crippen LogP contribution in [0.5, 0.6) is 0 Å². The topological polar surface area (TPSA) is 18.0 Å². The molecule has 1 heterocycles. The first-order chi connectivity index (χ1) is 13.4. The van der Waals surface area contributed by atoms with Gasteiger partial charge in [-0.2, -0.15) is 0 Å². The summed E-state index contributed by atoms with van der Waals surface area (Å²) in [5.74, 6) is 0. The van der Waals surface area contributed by atoms with Gasteiger partial charge in [0.15, 0.2) is 17.8 Å². The van der Waals surface area contributed by atoms with Gasteiger partial charge in [0, 0.05) is 0 Å². The van der Waals surface area contributed by atoms with E-state index in [0.29, 0.717) is 6.73 Å². The maximum atomic E-state index is 5.98. The van der Waals surface area contributed by atoms with Gasteiger partial charge in [-0.05, 0) is 31.4 Å². The highest BCUT2D eigenvalue weighted by Gasteiger charge is 2.14. The lowest BCUT2D eigenvalue weighted by atomic mass is 10.1. The van der Waals surface area contributed by atoms with E-state index in [4.69, 9.17) is 4.74 Å². The van der Waals surface area contributed by atoms with Gasteiger partial charge >= 0.3 is 0 Å². The highest BCUT2D eigenvalue weighted by Crippen LogP contribution is 2.13. The van der Waals surface area contributed by atoms with Crippen molar-refractivity contribution in [3.05, 3.63) is 30.6 Å². The number of imidazole rings is 1. The molecule has 0 saturated heterocycles. The fourth-order valence-electron chi connectivity index (χ4n) is 3.73. The standard InChI is InChI=1S/C24H41N2O.ClH/c1-3-5-7-9-10-11-12-16-20-27-22-26-21-25(19-15-8-6-4-2)23-17-13-14-18-24(23)26;/h13-14,17-18,21H,3-12,15-16,19-20,22H2,1-2H3;1H/q+1;/p-1. The lowest BCUT2D eigenvalue weighted by Gasteiger charge is -2.03. The van der Waals surface area contributed by atoms with Crippen LogP contribution in [0.25, 0.3) is 11.0 Å². The summed E-state index contributed by atoms with van der Waals surface area (Å²) in [6.45, 7) is 7.19. The maximum Gasteiger partial charge on any atom is 0.246 e. The molecule has 0 radical (unpaired) electrons. The van der Waals surface area contributed by atoms with Crippen molar-refractivity contribution in [2.75, 3.05) is 6.61 Å². The SMILES string of the molecule is CCCCCCCCCCOC[n+]1cn(CCCCCC)c2ccccc21.[Cl-]. The summed E-state index contributed by atoms with van der Waals surface area (Å²) in [5, 5.41) is 0. The molecule has 3 nitrogen and oxygen atoms in total. The Bertz CT molecular complexity index is 626. The summed E-state index contributed by atoms with van der Waals surface area (Å²) in [5.41, 5.74) is 2.61. The predicted octanol–water partition coefficient (Wildman–Crippen LogP) is 3.63. The molecule has 2 aromatic rings. The van der Waals surface area contributed by atoms with Crippen molar-refractivity contribution < 1.29 is 21.7 Å². The lowest BCUT2D eigenvalue weighted by molar-refractivity contribution is -0.710. The first kappa shape index (κ1) is 25.0. The summed E-state index contributed by atoms with van der Waals surface area (Å²) in [7, 11) is 0. The van der Waals surface area contributed by atoms with Crippen LogP contribution in [0.1, 0.15) is 90.9 Å². The molecule has 0 amide bonds. The molecule has 0 atom stereocenters. The molecule has 4 heteroatoms. The van der Waals surface area contributed by atoms with Crippen LogP contribution >= 0.6 is 0 Å². The van der Waals surface area contributed by atoms with Crippen LogP contribution in [-0.2, 0) is 18.0 Å². The van der Waals surface area contributed by atoms with Gasteiger partial charge in [-0.1, -0.05) is 83.8 Å². The average molecular weight is 409 g/mol. The van der Waals surface area contributed by atoms with Gasteiger partial charge in [-0.3, -0.25) is 0 Å². The molecule has 160 valence electrons. The number of unbranched alkanes of at least 4 members (excludes halogenated alkanes) is 10. The van der Waals surface area contributed by atoms with Gasteiger partial charge in [-0.15, -0.1) is 0 Å². The summed E-state index contributed by atoms with van der Waals surface area (Å²) in [4.78, 5) is 0. The zero-order valence-electron chi connectivity index (χ0n) is 18.2. The largest absolute Gasteiger partial charge is 1.00 e. The molecule has 0 N–H and O–H groups in total. The first-order valence-electron chi connectivity index (χ1n) is 11.4. The van der Waals surface area contributed by atoms with Crippen molar-refractivity contribution >= 4 is 11.0 Å². The fourth-order valence-corrected chi connectivity index (χ4v) is 3.73. The molecule has 28 heavy (non-hydrogen) atoms. The Morgan fingerprint density at radius 3 is 2.11 bits per heavy atom. The Morgan fingerprint density at radius 1 is 0.786 bits per heavy atom. The number of para-hydroxylation sites is 2. The number of rotatable bonds is 16. The van der Waals surface area contributed by atoms with E-state index in [0.717, 1.165) is 13.2 Å². The Labute approximate surface area is 178 Å². The van der Waals surface area contributed by atoms with Crippen molar-refractivity contribution in [1.29, 1.82) is 0 Å². The van der Waals surface area contributed by atoms with Gasteiger partial charge in [0.05, 0.1) is 13.2 Å². The average Bonchev–Trinajstić information content (AvgIpc) is 3.05. The molecule has 0 fully saturated rings. The molecular formula is C24H41ClN2O. The second kappa shape index (κ2) is 15.8. The zero-order valence-corrected chi connectivity index (χ0v) is 18.9. The molecule has 0 aliphatic carbocycles. The van der Waals surface area contributed by atoms with Crippen LogP contribution in [0.3, 0.4) is 0 Å². The number of halogens is 1. The smallest absolute Gasteiger partial charge is 0.246 e. The van der Waals surface area contributed by atoms with Crippen molar-refractivity contribution in [2.24, 2.45) is 0 Å². The molecule has 0 aliphatic rings. The van der Waals surface area contributed by atoms with E-state index in [-0.39, 0.29) is 12.4 Å². The van der Waals surface area contributed by atoms with Crippen molar-refractivity contribution in [3.8, 4) is 0 Å². The normalized spacial score (nSPS) is 11.1. The lowest BCUT2D eigenvalue weighted by Crippen LogP contribution is -3.00. The second-order valence-corrected chi connectivity index (χ2v) is 7.84. The van der Waals surface area contributed by atoms with E-state index in [2.05, 4.69) is 53.6 Å². The Kier molecular flexibility index (Phi) is 14.1. The third-order valence-electron chi connectivity index (χ3n) is 5.40. The summed E-state index contributed by atoms with van der Waals surface area (Å²) in [6.07, 6.45) is 18.2. The quantitative estimate of drug-likeness (QED) is 0.306. The van der Waals surface area contributed by atoms with Gasteiger partial charge in [0.25, 0.3) is 0 Å². The Morgan fingerprint density at radius 2 is 1.39 bits per heavy atom. The van der Waals surface area contributed by atoms with E-state index in [9.17, 15) is 0 Å². The minimum absolute atomic E-state index is 0. The molecule has 0 spiro atoms. The summed E-state index contributed by atoms with van der Waals surface area (Å²) >= 11 is 0. The van der Waals surface area contributed by atoms with Crippen LogP contribution in [0.4, 0.5) is 0 Å². The van der Waals surface area contributed by atoms with E-state index < -0.39 is 0 Å². The molecular weight excluding hydrogens is 368 g/mol. The van der Waals surface area contributed by atoms with E-state index in [1.54, 1.807) is 0 Å². The van der Waals surface area contributed by atoms with Gasteiger partial charge in [0.2, 0.25) is 6.33 Å². The Hall–Kier alpha value is -1.06. The molecule has 0 bridgehead atoms. The van der Waals surface area contributed by atoms with Crippen LogP contribution in [-0.4, -0.2) is 11.2 Å². The fraction of sp³-hybridized carbons (Fsp3) is 0.708. The van der Waals surface area contributed by atoms with Crippen molar-refractivity contribution in [1.82, 2.24) is 4.57 Å². The molecule has 0 aliphatic heterocycles. The molecule has 0 saturated carbocycles. The van der Waals surface area contributed by atoms with Crippen LogP contribution < -0.4 is 17.0 Å². The first-order valence-corrected chi connectivity index (χ1v) is 11.4. The van der Waals surface area contributed by atoms with Crippen LogP contribution in [0, 0.1) is 0 Å². The number of hydrogen-bond acceptors (Lipinski definition) is 1. The number of fused-ring (bicyclic) bond motifs is 1. The highest BCUT2D eigenvalue weighted by molar-refractivity contribution is 5.71. The number of hydrogen-bond donors (Lipinski definition) is 0.